The summed E-state index contributed by atoms with van der Waals surface area (Å²) in [6.07, 6.45) is 6.97. The summed E-state index contributed by atoms with van der Waals surface area (Å²) in [5.74, 6) is 1.16. The van der Waals surface area contributed by atoms with Gasteiger partial charge in [0.2, 0.25) is 5.91 Å². The number of rotatable bonds is 9. The van der Waals surface area contributed by atoms with E-state index < -0.39 is 0 Å². The molecule has 2 saturated heterocycles. The van der Waals surface area contributed by atoms with Crippen molar-refractivity contribution < 1.29 is 4.79 Å². The van der Waals surface area contributed by atoms with Crippen molar-refractivity contribution in [3.8, 4) is 0 Å². The van der Waals surface area contributed by atoms with Crippen LogP contribution in [0.4, 0.5) is 0 Å². The molecule has 6 nitrogen and oxygen atoms in total. The Bertz CT molecular complexity index is 687. The number of hydrogen-bond donors (Lipinski definition) is 2. The van der Waals surface area contributed by atoms with Crippen LogP contribution in [0.5, 0.6) is 0 Å². The molecule has 2 aliphatic rings. The molecule has 0 saturated carbocycles. The van der Waals surface area contributed by atoms with Gasteiger partial charge in [-0.25, -0.2) is 4.99 Å². The highest BCUT2D eigenvalue weighted by Crippen LogP contribution is 2.18. The molecule has 1 atom stereocenters. The lowest BCUT2D eigenvalue weighted by atomic mass is 10.0. The summed E-state index contributed by atoms with van der Waals surface area (Å²) in [7, 11) is 0. The summed E-state index contributed by atoms with van der Waals surface area (Å²) in [6.45, 7) is 10.7. The zero-order chi connectivity index (χ0) is 21.2. The Hall–Kier alpha value is -2.08. The molecule has 0 bridgehead atoms. The average molecular weight is 414 g/mol. The van der Waals surface area contributed by atoms with Gasteiger partial charge >= 0.3 is 0 Å². The maximum absolute atomic E-state index is 11.8. The Morgan fingerprint density at radius 1 is 1.07 bits per heavy atom. The van der Waals surface area contributed by atoms with Crippen molar-refractivity contribution in [2.24, 2.45) is 4.99 Å². The number of carbonyl (C=O) groups is 1. The van der Waals surface area contributed by atoms with Gasteiger partial charge in [-0.3, -0.25) is 9.69 Å². The van der Waals surface area contributed by atoms with Crippen molar-refractivity contribution in [2.75, 3.05) is 32.7 Å². The third-order valence-electron chi connectivity index (χ3n) is 6.24. The van der Waals surface area contributed by atoms with Crippen LogP contribution in [-0.2, 0) is 17.9 Å². The van der Waals surface area contributed by atoms with E-state index in [2.05, 4.69) is 53.6 Å². The molecule has 3 rings (SSSR count). The normalized spacial score (nSPS) is 20.6. The first-order chi connectivity index (χ1) is 14.7. The Kier molecular flexibility index (Phi) is 9.00. The third-order valence-corrected chi connectivity index (χ3v) is 6.24. The van der Waals surface area contributed by atoms with E-state index >= 15 is 0 Å². The summed E-state index contributed by atoms with van der Waals surface area (Å²) in [4.78, 5) is 21.1. The van der Waals surface area contributed by atoms with Crippen LogP contribution >= 0.6 is 0 Å². The number of benzene rings is 1. The topological polar surface area (TPSA) is 60.0 Å². The quantitative estimate of drug-likeness (QED) is 0.482. The maximum Gasteiger partial charge on any atom is 0.222 e. The number of hydrogen-bond acceptors (Lipinski definition) is 3. The first-order valence-electron chi connectivity index (χ1n) is 11.8. The lowest BCUT2D eigenvalue weighted by Crippen LogP contribution is -2.45. The van der Waals surface area contributed by atoms with E-state index in [0.29, 0.717) is 13.0 Å². The zero-order valence-corrected chi connectivity index (χ0v) is 18.8. The van der Waals surface area contributed by atoms with Crippen LogP contribution in [0.15, 0.2) is 29.3 Å². The molecule has 0 spiro atoms. The lowest BCUT2D eigenvalue weighted by Gasteiger charge is -2.35. The minimum Gasteiger partial charge on any atom is -0.357 e. The number of amides is 1. The monoisotopic (exact) mass is 413 g/mol. The first kappa shape index (κ1) is 22.6. The van der Waals surface area contributed by atoms with E-state index in [0.717, 1.165) is 51.1 Å². The van der Waals surface area contributed by atoms with Crippen LogP contribution < -0.4 is 10.6 Å². The van der Waals surface area contributed by atoms with E-state index in [-0.39, 0.29) is 5.91 Å². The summed E-state index contributed by atoms with van der Waals surface area (Å²) in [5.41, 5.74) is 2.38. The molecule has 2 N–H and O–H groups in total. The molecule has 2 aliphatic heterocycles. The fourth-order valence-corrected chi connectivity index (χ4v) is 4.49. The van der Waals surface area contributed by atoms with Crippen molar-refractivity contribution in [3.63, 3.8) is 0 Å². The van der Waals surface area contributed by atoms with Gasteiger partial charge in [0.1, 0.15) is 0 Å². The van der Waals surface area contributed by atoms with E-state index in [9.17, 15) is 4.79 Å². The number of guanidine groups is 1. The second-order valence-corrected chi connectivity index (χ2v) is 8.45. The van der Waals surface area contributed by atoms with E-state index in [4.69, 9.17) is 4.99 Å². The predicted octanol–water partition coefficient (Wildman–Crippen LogP) is 3.13. The molecule has 1 aromatic carbocycles. The molecule has 1 amide bonds. The van der Waals surface area contributed by atoms with Crippen LogP contribution in [0, 0.1) is 0 Å². The van der Waals surface area contributed by atoms with Crippen LogP contribution in [0.2, 0.25) is 0 Å². The van der Waals surface area contributed by atoms with Gasteiger partial charge in [-0.2, -0.15) is 0 Å². The van der Waals surface area contributed by atoms with Gasteiger partial charge in [0.15, 0.2) is 5.96 Å². The molecule has 0 aliphatic carbocycles. The van der Waals surface area contributed by atoms with Gasteiger partial charge in [0.25, 0.3) is 0 Å². The first-order valence-corrected chi connectivity index (χ1v) is 11.8. The summed E-state index contributed by atoms with van der Waals surface area (Å²) >= 11 is 0. The molecule has 1 aromatic rings. The highest BCUT2D eigenvalue weighted by atomic mass is 16.2. The van der Waals surface area contributed by atoms with Crippen LogP contribution in [0.3, 0.4) is 0 Å². The lowest BCUT2D eigenvalue weighted by molar-refractivity contribution is -0.128. The molecule has 2 heterocycles. The maximum atomic E-state index is 11.8. The minimum atomic E-state index is 0.278. The Morgan fingerprint density at radius 3 is 2.57 bits per heavy atom. The molecule has 166 valence electrons. The van der Waals surface area contributed by atoms with E-state index in [1.165, 1.54) is 43.4 Å². The van der Waals surface area contributed by atoms with Crippen molar-refractivity contribution >= 4 is 11.9 Å². The third kappa shape index (κ3) is 6.73. The highest BCUT2D eigenvalue weighted by Gasteiger charge is 2.20. The Balaban J connectivity index is 1.47. The Morgan fingerprint density at radius 2 is 1.87 bits per heavy atom. The molecule has 0 radical (unpaired) electrons. The molecule has 30 heavy (non-hydrogen) atoms. The minimum absolute atomic E-state index is 0.278. The summed E-state index contributed by atoms with van der Waals surface area (Å²) in [6, 6.07) is 9.25. The fourth-order valence-electron chi connectivity index (χ4n) is 4.49. The summed E-state index contributed by atoms with van der Waals surface area (Å²) in [5, 5.41) is 6.86. The predicted molar refractivity (Wildman–Crippen MR) is 123 cm³/mol. The Labute approximate surface area is 182 Å². The zero-order valence-electron chi connectivity index (χ0n) is 18.8. The molecule has 2 fully saturated rings. The molecule has 0 aromatic heterocycles. The number of nitrogens with zero attached hydrogens (tertiary/aromatic N) is 3. The number of nitrogens with one attached hydrogen (secondary N) is 2. The van der Waals surface area contributed by atoms with Crippen LogP contribution in [0.25, 0.3) is 0 Å². The van der Waals surface area contributed by atoms with Crippen LogP contribution in [0.1, 0.15) is 63.5 Å². The standard InChI is InChI=1S/C24H39N5O/c1-3-22-8-5-6-15-28(22)17-14-26-24(25-4-2)27-18-20-10-12-21(13-11-20)19-29-16-7-9-23(29)30/h10-13,22H,3-9,14-19H2,1-2H3,(H2,25,26,27). The second kappa shape index (κ2) is 11.9. The van der Waals surface area contributed by atoms with Gasteiger partial charge in [-0.1, -0.05) is 37.6 Å². The second-order valence-electron chi connectivity index (χ2n) is 8.45. The van der Waals surface area contributed by atoms with Crippen molar-refractivity contribution in [2.45, 2.75) is 71.5 Å². The number of likely N-dealkylation sites (tertiary alicyclic amines) is 2. The fraction of sp³-hybridized carbons (Fsp3) is 0.667. The number of carbonyl (C=O) groups excluding carboxylic acids is 1. The number of piperidine rings is 1. The number of aliphatic imine (C=N–C) groups is 1. The molecule has 6 heteroatoms. The van der Waals surface area contributed by atoms with Gasteiger partial charge in [-0.15, -0.1) is 0 Å². The van der Waals surface area contributed by atoms with E-state index in [1.807, 2.05) is 4.90 Å². The van der Waals surface area contributed by atoms with Gasteiger partial charge in [0.05, 0.1) is 6.54 Å². The molecule has 1 unspecified atom stereocenters. The SMILES string of the molecule is CCNC(=NCc1ccc(CN2CCCC2=O)cc1)NCCN1CCCCC1CC. The van der Waals surface area contributed by atoms with Crippen LogP contribution in [-0.4, -0.2) is 60.4 Å². The van der Waals surface area contributed by atoms with Crippen molar-refractivity contribution in [3.05, 3.63) is 35.4 Å². The largest absolute Gasteiger partial charge is 0.357 e. The van der Waals surface area contributed by atoms with Crippen molar-refractivity contribution in [1.29, 1.82) is 0 Å². The summed E-state index contributed by atoms with van der Waals surface area (Å²) < 4.78 is 0. The van der Waals surface area contributed by atoms with Gasteiger partial charge < -0.3 is 15.5 Å². The van der Waals surface area contributed by atoms with E-state index in [1.54, 1.807) is 0 Å². The smallest absolute Gasteiger partial charge is 0.222 e. The van der Waals surface area contributed by atoms with Gasteiger partial charge in [-0.05, 0) is 50.3 Å². The molecular formula is C24H39N5O. The van der Waals surface area contributed by atoms with Gasteiger partial charge in [0, 0.05) is 45.2 Å². The highest BCUT2D eigenvalue weighted by molar-refractivity contribution is 5.79. The molecular weight excluding hydrogens is 374 g/mol. The van der Waals surface area contributed by atoms with Crippen molar-refractivity contribution in [1.82, 2.24) is 20.4 Å². The average Bonchev–Trinajstić information content (AvgIpc) is 3.17.